The SMILES string of the molecule is CN1C(=O)N(c2ccccc2)[C@H]2CCNC[C@H]21. The highest BCUT2D eigenvalue weighted by molar-refractivity contribution is 5.95. The average Bonchev–Trinajstić information content (AvgIpc) is 2.64. The summed E-state index contributed by atoms with van der Waals surface area (Å²) in [5, 5.41) is 3.36. The first-order valence-corrected chi connectivity index (χ1v) is 6.11. The summed E-state index contributed by atoms with van der Waals surface area (Å²) in [5.74, 6) is 0. The lowest BCUT2D eigenvalue weighted by Crippen LogP contribution is -2.49. The van der Waals surface area contributed by atoms with Crippen molar-refractivity contribution in [2.45, 2.75) is 18.5 Å². The Morgan fingerprint density at radius 3 is 2.76 bits per heavy atom. The molecule has 1 aromatic rings. The van der Waals surface area contributed by atoms with Gasteiger partial charge in [-0.2, -0.15) is 0 Å². The summed E-state index contributed by atoms with van der Waals surface area (Å²) in [6.07, 6.45) is 1.02. The van der Waals surface area contributed by atoms with Gasteiger partial charge in [-0.15, -0.1) is 0 Å². The summed E-state index contributed by atoms with van der Waals surface area (Å²) < 4.78 is 0. The molecule has 2 saturated heterocycles. The van der Waals surface area contributed by atoms with E-state index in [1.165, 1.54) is 0 Å². The molecule has 90 valence electrons. The van der Waals surface area contributed by atoms with Gasteiger partial charge in [0, 0.05) is 19.3 Å². The van der Waals surface area contributed by atoms with Crippen molar-refractivity contribution in [3.63, 3.8) is 0 Å². The molecule has 2 fully saturated rings. The second-order valence-corrected chi connectivity index (χ2v) is 4.73. The number of rotatable bonds is 1. The van der Waals surface area contributed by atoms with Gasteiger partial charge in [-0.25, -0.2) is 4.79 Å². The fourth-order valence-corrected chi connectivity index (χ4v) is 2.87. The van der Waals surface area contributed by atoms with Gasteiger partial charge in [-0.3, -0.25) is 4.90 Å². The highest BCUT2D eigenvalue weighted by Gasteiger charge is 2.45. The van der Waals surface area contributed by atoms with Crippen LogP contribution in [-0.4, -0.2) is 43.2 Å². The molecule has 3 rings (SSSR count). The average molecular weight is 231 g/mol. The molecule has 2 atom stereocenters. The largest absolute Gasteiger partial charge is 0.324 e. The predicted molar refractivity (Wildman–Crippen MR) is 67.1 cm³/mol. The normalized spacial score (nSPS) is 28.4. The molecule has 17 heavy (non-hydrogen) atoms. The molecular weight excluding hydrogens is 214 g/mol. The summed E-state index contributed by atoms with van der Waals surface area (Å²) in [6, 6.07) is 10.7. The Morgan fingerprint density at radius 2 is 2.00 bits per heavy atom. The molecule has 0 saturated carbocycles. The molecule has 2 heterocycles. The lowest BCUT2D eigenvalue weighted by molar-refractivity contribution is 0.212. The van der Waals surface area contributed by atoms with Gasteiger partial charge in [-0.05, 0) is 25.1 Å². The van der Waals surface area contributed by atoms with Gasteiger partial charge in [-0.1, -0.05) is 18.2 Å². The number of likely N-dealkylation sites (N-methyl/N-ethyl adjacent to an activating group) is 1. The molecule has 0 aromatic heterocycles. The topological polar surface area (TPSA) is 35.6 Å². The van der Waals surface area contributed by atoms with Crippen molar-refractivity contribution in [2.24, 2.45) is 0 Å². The van der Waals surface area contributed by atoms with E-state index in [2.05, 4.69) is 5.32 Å². The fraction of sp³-hybridized carbons (Fsp3) is 0.462. The minimum absolute atomic E-state index is 0.120. The van der Waals surface area contributed by atoms with Gasteiger partial charge in [0.15, 0.2) is 0 Å². The van der Waals surface area contributed by atoms with Crippen molar-refractivity contribution in [3.05, 3.63) is 30.3 Å². The molecule has 0 spiro atoms. The van der Waals surface area contributed by atoms with Gasteiger partial charge in [0.1, 0.15) is 0 Å². The molecule has 2 aliphatic heterocycles. The quantitative estimate of drug-likeness (QED) is 0.790. The number of nitrogens with zero attached hydrogens (tertiary/aromatic N) is 2. The smallest absolute Gasteiger partial charge is 0.321 e. The van der Waals surface area contributed by atoms with Crippen LogP contribution in [0.25, 0.3) is 0 Å². The van der Waals surface area contributed by atoms with Crippen LogP contribution in [0.2, 0.25) is 0 Å². The number of hydrogen-bond donors (Lipinski definition) is 1. The summed E-state index contributed by atoms with van der Waals surface area (Å²) in [7, 11) is 1.90. The molecule has 2 amide bonds. The van der Waals surface area contributed by atoms with Crippen molar-refractivity contribution in [3.8, 4) is 0 Å². The number of carbonyl (C=O) groups is 1. The maximum Gasteiger partial charge on any atom is 0.324 e. The second kappa shape index (κ2) is 4.04. The maximum atomic E-state index is 12.3. The number of nitrogens with one attached hydrogen (secondary N) is 1. The van der Waals surface area contributed by atoms with Gasteiger partial charge >= 0.3 is 6.03 Å². The summed E-state index contributed by atoms with van der Waals surface area (Å²) >= 11 is 0. The minimum Gasteiger partial charge on any atom is -0.321 e. The molecule has 0 aliphatic carbocycles. The first kappa shape index (κ1) is 10.6. The van der Waals surface area contributed by atoms with Crippen molar-refractivity contribution in [2.75, 3.05) is 25.0 Å². The zero-order valence-electron chi connectivity index (χ0n) is 9.97. The van der Waals surface area contributed by atoms with Gasteiger partial charge < -0.3 is 10.2 Å². The van der Waals surface area contributed by atoms with Crippen molar-refractivity contribution in [1.29, 1.82) is 0 Å². The molecule has 0 bridgehead atoms. The number of urea groups is 1. The lowest BCUT2D eigenvalue weighted by atomic mass is 10.0. The zero-order chi connectivity index (χ0) is 11.8. The molecule has 0 unspecified atom stereocenters. The number of anilines is 1. The van der Waals surface area contributed by atoms with Crippen molar-refractivity contribution in [1.82, 2.24) is 10.2 Å². The van der Waals surface area contributed by atoms with Gasteiger partial charge in [0.05, 0.1) is 12.1 Å². The third-order valence-electron chi connectivity index (χ3n) is 3.79. The lowest BCUT2D eigenvalue weighted by Gasteiger charge is -2.31. The predicted octanol–water partition coefficient (Wildman–Crippen LogP) is 1.29. The van der Waals surface area contributed by atoms with E-state index in [4.69, 9.17) is 0 Å². The summed E-state index contributed by atoms with van der Waals surface area (Å²) in [4.78, 5) is 16.1. The summed E-state index contributed by atoms with van der Waals surface area (Å²) in [5.41, 5.74) is 1.01. The Labute approximate surface area is 101 Å². The second-order valence-electron chi connectivity index (χ2n) is 4.73. The van der Waals surface area contributed by atoms with Crippen LogP contribution in [0.4, 0.5) is 10.5 Å². The number of hydrogen-bond acceptors (Lipinski definition) is 2. The number of fused-ring (bicyclic) bond motifs is 1. The maximum absolute atomic E-state index is 12.3. The van der Waals surface area contributed by atoms with Crippen molar-refractivity contribution < 1.29 is 4.79 Å². The summed E-state index contributed by atoms with van der Waals surface area (Å²) in [6.45, 7) is 1.89. The Hall–Kier alpha value is -1.55. The Kier molecular flexibility index (Phi) is 2.52. The van der Waals surface area contributed by atoms with E-state index in [9.17, 15) is 4.79 Å². The van der Waals surface area contributed by atoms with E-state index in [-0.39, 0.29) is 6.03 Å². The van der Waals surface area contributed by atoms with E-state index < -0.39 is 0 Å². The first-order chi connectivity index (χ1) is 8.29. The van der Waals surface area contributed by atoms with Gasteiger partial charge in [0.25, 0.3) is 0 Å². The number of piperidine rings is 1. The molecule has 0 radical (unpaired) electrons. The van der Waals surface area contributed by atoms with Crippen LogP contribution < -0.4 is 10.2 Å². The fourth-order valence-electron chi connectivity index (χ4n) is 2.87. The standard InChI is InChI=1S/C13H17N3O/c1-15-12-9-14-8-7-11(12)16(13(15)17)10-5-3-2-4-6-10/h2-6,11-12,14H,7-9H2,1H3/t11-,12+/m0/s1. The third-order valence-corrected chi connectivity index (χ3v) is 3.79. The van der Waals surface area contributed by atoms with Crippen LogP contribution in [-0.2, 0) is 0 Å². The van der Waals surface area contributed by atoms with E-state index >= 15 is 0 Å². The molecule has 1 aromatic carbocycles. The highest BCUT2D eigenvalue weighted by Crippen LogP contribution is 2.30. The van der Waals surface area contributed by atoms with Gasteiger partial charge in [0.2, 0.25) is 0 Å². The van der Waals surface area contributed by atoms with Crippen LogP contribution in [0.5, 0.6) is 0 Å². The van der Waals surface area contributed by atoms with Crippen LogP contribution in [0.1, 0.15) is 6.42 Å². The molecular formula is C13H17N3O. The molecule has 4 heteroatoms. The van der Waals surface area contributed by atoms with Crippen LogP contribution in [0, 0.1) is 0 Å². The van der Waals surface area contributed by atoms with E-state index in [1.54, 1.807) is 0 Å². The molecule has 4 nitrogen and oxygen atoms in total. The van der Waals surface area contributed by atoms with E-state index in [0.717, 1.165) is 25.2 Å². The highest BCUT2D eigenvalue weighted by atomic mass is 16.2. The van der Waals surface area contributed by atoms with Crippen LogP contribution >= 0.6 is 0 Å². The zero-order valence-corrected chi connectivity index (χ0v) is 9.97. The van der Waals surface area contributed by atoms with E-state index in [1.807, 2.05) is 47.2 Å². The molecule has 1 N–H and O–H groups in total. The number of carbonyl (C=O) groups excluding carboxylic acids is 1. The minimum atomic E-state index is 0.120. The third kappa shape index (κ3) is 1.60. The van der Waals surface area contributed by atoms with Crippen molar-refractivity contribution >= 4 is 11.7 Å². The number of amides is 2. The Bertz CT molecular complexity index is 420. The monoisotopic (exact) mass is 231 g/mol. The Balaban J connectivity index is 1.96. The Morgan fingerprint density at radius 1 is 1.24 bits per heavy atom. The van der Waals surface area contributed by atoms with Crippen LogP contribution in [0.3, 0.4) is 0 Å². The molecule has 2 aliphatic rings. The number of para-hydroxylation sites is 1. The van der Waals surface area contributed by atoms with E-state index in [0.29, 0.717) is 12.1 Å². The first-order valence-electron chi connectivity index (χ1n) is 6.11. The number of benzene rings is 1. The van der Waals surface area contributed by atoms with Crippen LogP contribution in [0.15, 0.2) is 30.3 Å².